The third-order valence-electron chi connectivity index (χ3n) is 3.57. The Balaban J connectivity index is 3.15. The van der Waals surface area contributed by atoms with Crippen LogP contribution in [0, 0.1) is 0 Å². The van der Waals surface area contributed by atoms with Gasteiger partial charge in [0.2, 0.25) is 0 Å². The largest absolute Gasteiger partial charge is 0.497 e. The van der Waals surface area contributed by atoms with Crippen LogP contribution in [-0.2, 0) is 0 Å². The van der Waals surface area contributed by atoms with Crippen molar-refractivity contribution >= 4 is 0 Å². The second kappa shape index (κ2) is 8.12. The molecule has 1 aromatic carbocycles. The zero-order chi connectivity index (χ0) is 15.1. The predicted molar refractivity (Wildman–Crippen MR) is 83.5 cm³/mol. The summed E-state index contributed by atoms with van der Waals surface area (Å²) in [6.07, 6.45) is 1.10. The molecule has 114 valence electrons. The van der Waals surface area contributed by atoms with E-state index in [4.69, 9.17) is 15.2 Å². The van der Waals surface area contributed by atoms with Crippen LogP contribution in [0.4, 0.5) is 0 Å². The monoisotopic (exact) mass is 280 g/mol. The highest BCUT2D eigenvalue weighted by Gasteiger charge is 2.24. The van der Waals surface area contributed by atoms with Gasteiger partial charge in [0.1, 0.15) is 11.5 Å². The maximum atomic E-state index is 6.04. The van der Waals surface area contributed by atoms with Crippen LogP contribution in [0.2, 0.25) is 0 Å². The van der Waals surface area contributed by atoms with Crippen molar-refractivity contribution in [2.24, 2.45) is 5.73 Å². The van der Waals surface area contributed by atoms with Gasteiger partial charge in [0.25, 0.3) is 0 Å². The molecule has 4 nitrogen and oxygen atoms in total. The van der Waals surface area contributed by atoms with Crippen LogP contribution in [0.5, 0.6) is 11.5 Å². The van der Waals surface area contributed by atoms with E-state index in [9.17, 15) is 0 Å². The van der Waals surface area contributed by atoms with Crippen molar-refractivity contribution in [2.75, 3.05) is 27.3 Å². The first-order valence-electron chi connectivity index (χ1n) is 7.26. The highest BCUT2D eigenvalue weighted by molar-refractivity contribution is 5.42. The lowest BCUT2D eigenvalue weighted by Gasteiger charge is -2.35. The van der Waals surface area contributed by atoms with E-state index in [1.54, 1.807) is 14.2 Å². The standard InChI is InChI=1S/C16H28N2O2/c1-6-9-18(12(2)3)15(11-17)14-8-7-13(19-4)10-16(14)20-5/h7-8,10,12,15H,6,9,11,17H2,1-5H3. The molecule has 4 heteroatoms. The summed E-state index contributed by atoms with van der Waals surface area (Å²) in [6.45, 7) is 8.19. The Morgan fingerprint density at radius 3 is 2.35 bits per heavy atom. The van der Waals surface area contributed by atoms with Gasteiger partial charge >= 0.3 is 0 Å². The third kappa shape index (κ3) is 3.87. The van der Waals surface area contributed by atoms with Crippen LogP contribution in [0.25, 0.3) is 0 Å². The summed E-state index contributed by atoms with van der Waals surface area (Å²) in [5, 5.41) is 0. The van der Waals surface area contributed by atoms with Crippen molar-refractivity contribution < 1.29 is 9.47 Å². The maximum Gasteiger partial charge on any atom is 0.127 e. The summed E-state index contributed by atoms with van der Waals surface area (Å²) in [7, 11) is 3.34. The first kappa shape index (κ1) is 16.8. The topological polar surface area (TPSA) is 47.7 Å². The van der Waals surface area contributed by atoms with Crippen LogP contribution in [0.3, 0.4) is 0 Å². The Morgan fingerprint density at radius 2 is 1.90 bits per heavy atom. The molecule has 20 heavy (non-hydrogen) atoms. The van der Waals surface area contributed by atoms with Crippen LogP contribution in [0.15, 0.2) is 18.2 Å². The molecule has 1 unspecified atom stereocenters. The second-order valence-corrected chi connectivity index (χ2v) is 5.19. The molecular formula is C16H28N2O2. The lowest BCUT2D eigenvalue weighted by Crippen LogP contribution is -2.39. The summed E-state index contributed by atoms with van der Waals surface area (Å²) >= 11 is 0. The van der Waals surface area contributed by atoms with Crippen LogP contribution >= 0.6 is 0 Å². The molecule has 1 rings (SSSR count). The Bertz CT molecular complexity index is 407. The van der Waals surface area contributed by atoms with Gasteiger partial charge in [0.15, 0.2) is 0 Å². The summed E-state index contributed by atoms with van der Waals surface area (Å²) in [5.41, 5.74) is 7.16. The summed E-state index contributed by atoms with van der Waals surface area (Å²) in [4.78, 5) is 2.42. The van der Waals surface area contributed by atoms with Crippen molar-refractivity contribution in [3.05, 3.63) is 23.8 Å². The van der Waals surface area contributed by atoms with Crippen molar-refractivity contribution in [3.63, 3.8) is 0 Å². The van der Waals surface area contributed by atoms with Crippen molar-refractivity contribution in [1.82, 2.24) is 4.90 Å². The quantitative estimate of drug-likeness (QED) is 0.795. The fraction of sp³-hybridized carbons (Fsp3) is 0.625. The second-order valence-electron chi connectivity index (χ2n) is 5.19. The number of benzene rings is 1. The zero-order valence-electron chi connectivity index (χ0n) is 13.3. The number of hydrogen-bond acceptors (Lipinski definition) is 4. The number of methoxy groups -OCH3 is 2. The highest BCUT2D eigenvalue weighted by Crippen LogP contribution is 2.33. The minimum Gasteiger partial charge on any atom is -0.497 e. The molecule has 0 saturated heterocycles. The van der Waals surface area contributed by atoms with Crippen molar-refractivity contribution in [1.29, 1.82) is 0 Å². The van der Waals surface area contributed by atoms with Crippen molar-refractivity contribution in [3.8, 4) is 11.5 Å². The van der Waals surface area contributed by atoms with Gasteiger partial charge < -0.3 is 15.2 Å². The molecule has 0 bridgehead atoms. The number of nitrogens with zero attached hydrogens (tertiary/aromatic N) is 1. The number of nitrogens with two attached hydrogens (primary N) is 1. The van der Waals surface area contributed by atoms with Gasteiger partial charge in [-0.3, -0.25) is 4.90 Å². The molecule has 0 saturated carbocycles. The van der Waals surface area contributed by atoms with Crippen LogP contribution in [0.1, 0.15) is 38.8 Å². The van der Waals surface area contributed by atoms with E-state index < -0.39 is 0 Å². The molecule has 0 fully saturated rings. The molecule has 1 aromatic rings. The Kier molecular flexibility index (Phi) is 6.82. The van der Waals surface area contributed by atoms with Gasteiger partial charge in [-0.25, -0.2) is 0 Å². The average Bonchev–Trinajstić information content (AvgIpc) is 2.46. The number of hydrogen-bond donors (Lipinski definition) is 1. The lowest BCUT2D eigenvalue weighted by atomic mass is 10.0. The first-order chi connectivity index (χ1) is 9.58. The SMILES string of the molecule is CCCN(C(C)C)C(CN)c1ccc(OC)cc1OC. The van der Waals surface area contributed by atoms with E-state index in [1.807, 2.05) is 12.1 Å². The third-order valence-corrected chi connectivity index (χ3v) is 3.57. The van der Waals surface area contributed by atoms with Gasteiger partial charge in [-0.2, -0.15) is 0 Å². The van der Waals surface area contributed by atoms with Crippen LogP contribution in [-0.4, -0.2) is 38.3 Å². The number of ether oxygens (including phenoxy) is 2. The Labute approximate surface area is 122 Å². The van der Waals surface area contributed by atoms with Gasteiger partial charge in [-0.05, 0) is 32.9 Å². The average molecular weight is 280 g/mol. The van der Waals surface area contributed by atoms with E-state index in [2.05, 4.69) is 31.7 Å². The zero-order valence-corrected chi connectivity index (χ0v) is 13.3. The maximum absolute atomic E-state index is 6.04. The summed E-state index contributed by atoms with van der Waals surface area (Å²) in [5.74, 6) is 1.63. The normalized spacial score (nSPS) is 12.8. The van der Waals surface area contributed by atoms with E-state index in [-0.39, 0.29) is 6.04 Å². The molecule has 0 radical (unpaired) electrons. The smallest absolute Gasteiger partial charge is 0.127 e. The minimum atomic E-state index is 0.163. The first-order valence-corrected chi connectivity index (χ1v) is 7.26. The van der Waals surface area contributed by atoms with Gasteiger partial charge in [-0.1, -0.05) is 13.0 Å². The molecule has 2 N–H and O–H groups in total. The molecule has 0 aromatic heterocycles. The minimum absolute atomic E-state index is 0.163. The highest BCUT2D eigenvalue weighted by atomic mass is 16.5. The molecular weight excluding hydrogens is 252 g/mol. The van der Waals surface area contributed by atoms with Crippen molar-refractivity contribution in [2.45, 2.75) is 39.3 Å². The fourth-order valence-corrected chi connectivity index (χ4v) is 2.57. The fourth-order valence-electron chi connectivity index (χ4n) is 2.57. The van der Waals surface area contributed by atoms with Gasteiger partial charge in [-0.15, -0.1) is 0 Å². The molecule has 0 aliphatic heterocycles. The molecule has 0 amide bonds. The van der Waals surface area contributed by atoms with E-state index in [1.165, 1.54) is 0 Å². The predicted octanol–water partition coefficient (Wildman–Crippen LogP) is 2.82. The van der Waals surface area contributed by atoms with E-state index in [0.717, 1.165) is 30.0 Å². The van der Waals surface area contributed by atoms with E-state index >= 15 is 0 Å². The molecule has 0 aliphatic carbocycles. The summed E-state index contributed by atoms with van der Waals surface area (Å²) in [6, 6.07) is 6.54. The molecule has 0 aliphatic rings. The Hall–Kier alpha value is -1.26. The van der Waals surface area contributed by atoms with Crippen LogP contribution < -0.4 is 15.2 Å². The molecule has 0 heterocycles. The number of rotatable bonds is 8. The Morgan fingerprint density at radius 1 is 1.20 bits per heavy atom. The molecule has 1 atom stereocenters. The van der Waals surface area contributed by atoms with Gasteiger partial charge in [0.05, 0.1) is 20.3 Å². The summed E-state index contributed by atoms with van der Waals surface area (Å²) < 4.78 is 10.8. The van der Waals surface area contributed by atoms with Gasteiger partial charge in [0, 0.05) is 24.2 Å². The lowest BCUT2D eigenvalue weighted by molar-refractivity contribution is 0.154. The van der Waals surface area contributed by atoms with E-state index in [0.29, 0.717) is 12.6 Å². The molecule has 0 spiro atoms.